The first-order valence-corrected chi connectivity index (χ1v) is 9.23. The molecular weight excluding hydrogens is 414 g/mol. The Morgan fingerprint density at radius 1 is 1.30 bits per heavy atom. The third-order valence-corrected chi connectivity index (χ3v) is 5.36. The zero-order valence-corrected chi connectivity index (χ0v) is 16.4. The second-order valence-corrected chi connectivity index (χ2v) is 7.20. The van der Waals surface area contributed by atoms with E-state index in [2.05, 4.69) is 21.2 Å². The zero-order chi connectivity index (χ0) is 19.1. The molecule has 2 aromatic carbocycles. The first-order valence-electron chi connectivity index (χ1n) is 8.43. The third kappa shape index (κ3) is 2.90. The molecule has 2 heterocycles. The Morgan fingerprint density at radius 2 is 2.07 bits per heavy atom. The minimum atomic E-state index is -0.463. The van der Waals surface area contributed by atoms with Gasteiger partial charge >= 0.3 is 0 Å². The van der Waals surface area contributed by atoms with Crippen molar-refractivity contribution in [2.75, 3.05) is 32.3 Å². The Labute approximate surface area is 165 Å². The van der Waals surface area contributed by atoms with Gasteiger partial charge in [0.25, 0.3) is 5.91 Å². The predicted octanol–water partition coefficient (Wildman–Crippen LogP) is 2.51. The number of nitrogens with zero attached hydrogens (tertiary/aromatic N) is 2. The Balaban J connectivity index is 1.85. The average Bonchev–Trinajstić information content (AvgIpc) is 3.15. The maximum absolute atomic E-state index is 13.0. The highest BCUT2D eigenvalue weighted by Gasteiger charge is 2.38. The summed E-state index contributed by atoms with van der Waals surface area (Å²) in [6.07, 6.45) is -0.463. The van der Waals surface area contributed by atoms with Gasteiger partial charge in [0, 0.05) is 14.1 Å². The lowest BCUT2D eigenvalue weighted by molar-refractivity contribution is -0.119. The number of likely N-dealkylation sites (N-methyl/N-ethyl adjacent to an activating group) is 1. The number of benzene rings is 2. The smallest absolute Gasteiger partial charge is 0.257 e. The fourth-order valence-corrected chi connectivity index (χ4v) is 4.07. The van der Waals surface area contributed by atoms with Crippen molar-refractivity contribution in [1.82, 2.24) is 10.2 Å². The minimum Gasteiger partial charge on any atom is -0.454 e. The Morgan fingerprint density at radius 3 is 2.85 bits per heavy atom. The number of nitrogens with one attached hydrogen (secondary N) is 1. The topological polar surface area (TPSA) is 71.1 Å². The number of halogens is 1. The number of carbonyl (C=O) groups is 2. The van der Waals surface area contributed by atoms with E-state index in [9.17, 15) is 9.59 Å². The van der Waals surface area contributed by atoms with E-state index in [-0.39, 0.29) is 25.2 Å². The van der Waals surface area contributed by atoms with E-state index in [4.69, 9.17) is 9.47 Å². The van der Waals surface area contributed by atoms with Gasteiger partial charge in [-0.15, -0.1) is 0 Å². The lowest BCUT2D eigenvalue weighted by atomic mass is 10.0. The molecule has 1 N–H and O–H groups in total. The molecule has 0 aliphatic carbocycles. The van der Waals surface area contributed by atoms with E-state index in [1.165, 1.54) is 0 Å². The molecule has 0 radical (unpaired) electrons. The van der Waals surface area contributed by atoms with Gasteiger partial charge in [0.15, 0.2) is 11.5 Å². The summed E-state index contributed by atoms with van der Waals surface area (Å²) >= 11 is 3.51. The van der Waals surface area contributed by atoms with Crippen LogP contribution in [0.4, 0.5) is 5.69 Å². The van der Waals surface area contributed by atoms with Crippen LogP contribution in [0.3, 0.4) is 0 Å². The normalized spacial score (nSPS) is 17.7. The molecule has 7 nitrogen and oxygen atoms in total. The fourth-order valence-electron chi connectivity index (χ4n) is 3.49. The Kier molecular flexibility index (Phi) is 4.43. The van der Waals surface area contributed by atoms with Crippen molar-refractivity contribution in [3.8, 4) is 11.5 Å². The van der Waals surface area contributed by atoms with Gasteiger partial charge in [0.1, 0.15) is 6.17 Å². The molecule has 2 aromatic rings. The largest absolute Gasteiger partial charge is 0.454 e. The summed E-state index contributed by atoms with van der Waals surface area (Å²) in [6, 6.07) is 11.1. The second-order valence-electron chi connectivity index (χ2n) is 6.34. The minimum absolute atomic E-state index is 0.0995. The number of fused-ring (bicyclic) bond motifs is 2. The summed E-state index contributed by atoms with van der Waals surface area (Å²) in [5, 5.41) is 2.66. The van der Waals surface area contributed by atoms with Crippen LogP contribution in [0.25, 0.3) is 0 Å². The summed E-state index contributed by atoms with van der Waals surface area (Å²) in [5.41, 5.74) is 2.11. The zero-order valence-electron chi connectivity index (χ0n) is 14.9. The van der Waals surface area contributed by atoms with Crippen molar-refractivity contribution in [3.05, 3.63) is 52.0 Å². The van der Waals surface area contributed by atoms with E-state index >= 15 is 0 Å². The molecule has 0 bridgehead atoms. The molecule has 2 aliphatic heterocycles. The quantitative estimate of drug-likeness (QED) is 0.808. The monoisotopic (exact) mass is 431 g/mol. The van der Waals surface area contributed by atoms with E-state index in [0.29, 0.717) is 17.1 Å². The molecule has 1 atom stereocenters. The van der Waals surface area contributed by atoms with Gasteiger partial charge in [0.2, 0.25) is 12.7 Å². The maximum Gasteiger partial charge on any atom is 0.257 e. The van der Waals surface area contributed by atoms with E-state index in [1.54, 1.807) is 25.1 Å². The fraction of sp³-hybridized carbons (Fsp3) is 0.263. The van der Waals surface area contributed by atoms with Crippen molar-refractivity contribution < 1.29 is 19.1 Å². The van der Waals surface area contributed by atoms with Crippen molar-refractivity contribution in [2.45, 2.75) is 6.17 Å². The van der Waals surface area contributed by atoms with Crippen molar-refractivity contribution >= 4 is 33.4 Å². The van der Waals surface area contributed by atoms with Crippen molar-refractivity contribution in [2.24, 2.45) is 0 Å². The lowest BCUT2D eigenvalue weighted by Crippen LogP contribution is -2.50. The molecule has 140 valence electrons. The summed E-state index contributed by atoms with van der Waals surface area (Å²) in [4.78, 5) is 28.7. The average molecular weight is 432 g/mol. The summed E-state index contributed by atoms with van der Waals surface area (Å²) in [7, 11) is 3.33. The van der Waals surface area contributed by atoms with Crippen LogP contribution in [0, 0.1) is 0 Å². The number of hydrogen-bond donors (Lipinski definition) is 1. The van der Waals surface area contributed by atoms with Crippen LogP contribution in [0.5, 0.6) is 11.5 Å². The predicted molar refractivity (Wildman–Crippen MR) is 103 cm³/mol. The number of hydrogen-bond acceptors (Lipinski definition) is 5. The van der Waals surface area contributed by atoms with Crippen LogP contribution < -0.4 is 19.7 Å². The number of amides is 2. The van der Waals surface area contributed by atoms with E-state index in [1.807, 2.05) is 35.2 Å². The maximum atomic E-state index is 13.0. The molecular formula is C19H18BrN3O4. The summed E-state index contributed by atoms with van der Waals surface area (Å²) in [6.45, 7) is 0.267. The third-order valence-electron chi connectivity index (χ3n) is 4.77. The summed E-state index contributed by atoms with van der Waals surface area (Å²) in [5.74, 6) is 1.01. The molecule has 2 amide bonds. The summed E-state index contributed by atoms with van der Waals surface area (Å²) < 4.78 is 11.7. The lowest BCUT2D eigenvalue weighted by Gasteiger charge is -2.44. The van der Waals surface area contributed by atoms with Crippen LogP contribution in [-0.4, -0.2) is 44.1 Å². The molecule has 0 spiro atoms. The SMILES string of the molecule is CNC(=O)CN1c2ccccc2C(=O)N(C)C1c1cc(Br)c2c(c1)OCO2. The Hall–Kier alpha value is -2.74. The van der Waals surface area contributed by atoms with E-state index in [0.717, 1.165) is 15.7 Å². The van der Waals surface area contributed by atoms with Gasteiger partial charge in [0.05, 0.1) is 22.3 Å². The van der Waals surface area contributed by atoms with Crippen molar-refractivity contribution in [1.29, 1.82) is 0 Å². The van der Waals surface area contributed by atoms with Gasteiger partial charge in [-0.1, -0.05) is 12.1 Å². The van der Waals surface area contributed by atoms with E-state index < -0.39 is 6.17 Å². The first-order chi connectivity index (χ1) is 13.0. The number of para-hydroxylation sites is 1. The van der Waals surface area contributed by atoms with Crippen molar-refractivity contribution in [3.63, 3.8) is 0 Å². The second kappa shape index (κ2) is 6.77. The first kappa shape index (κ1) is 17.7. The number of ether oxygens (including phenoxy) is 2. The molecule has 1 unspecified atom stereocenters. The molecule has 0 saturated carbocycles. The van der Waals surface area contributed by atoms with Gasteiger partial charge in [-0.3, -0.25) is 9.59 Å². The molecule has 4 rings (SSSR count). The van der Waals surface area contributed by atoms with Gasteiger partial charge in [-0.25, -0.2) is 0 Å². The molecule has 0 aromatic heterocycles. The van der Waals surface area contributed by atoms with Crippen LogP contribution in [0.2, 0.25) is 0 Å². The standard InChI is InChI=1S/C19H18BrN3O4/c1-21-16(24)9-23-14-6-4-3-5-12(14)19(25)22(2)18(23)11-7-13(20)17-15(8-11)26-10-27-17/h3-8,18H,9-10H2,1-2H3,(H,21,24). The highest BCUT2D eigenvalue weighted by Crippen LogP contribution is 2.44. The highest BCUT2D eigenvalue weighted by atomic mass is 79.9. The van der Waals surface area contributed by atoms with Gasteiger partial charge in [-0.2, -0.15) is 0 Å². The molecule has 0 saturated heterocycles. The highest BCUT2D eigenvalue weighted by molar-refractivity contribution is 9.10. The van der Waals surface area contributed by atoms with Crippen LogP contribution >= 0.6 is 15.9 Å². The number of anilines is 1. The van der Waals surface area contributed by atoms with Crippen LogP contribution in [0.1, 0.15) is 22.1 Å². The van der Waals surface area contributed by atoms with Crippen LogP contribution in [0.15, 0.2) is 40.9 Å². The molecule has 8 heteroatoms. The van der Waals surface area contributed by atoms with Crippen LogP contribution in [-0.2, 0) is 4.79 Å². The van der Waals surface area contributed by atoms with Gasteiger partial charge < -0.3 is 24.6 Å². The number of rotatable bonds is 3. The Bertz CT molecular complexity index is 933. The number of carbonyl (C=O) groups excluding carboxylic acids is 2. The van der Waals surface area contributed by atoms with Gasteiger partial charge in [-0.05, 0) is 45.8 Å². The molecule has 2 aliphatic rings. The molecule has 27 heavy (non-hydrogen) atoms. The molecule has 0 fully saturated rings.